The first kappa shape index (κ1) is 14.5. The number of hydrogen-bond acceptors (Lipinski definition) is 2. The van der Waals surface area contributed by atoms with E-state index in [9.17, 15) is 5.11 Å². The summed E-state index contributed by atoms with van der Waals surface area (Å²) in [6.45, 7) is 5.50. The van der Waals surface area contributed by atoms with Crippen molar-refractivity contribution < 1.29 is 5.11 Å². The highest BCUT2D eigenvalue weighted by molar-refractivity contribution is 5.24. The van der Waals surface area contributed by atoms with Crippen molar-refractivity contribution in [3.05, 3.63) is 35.4 Å². The van der Waals surface area contributed by atoms with Gasteiger partial charge in [-0.15, -0.1) is 0 Å². The Kier molecular flexibility index (Phi) is 5.41. The lowest BCUT2D eigenvalue weighted by Gasteiger charge is -2.27. The van der Waals surface area contributed by atoms with Crippen molar-refractivity contribution in [3.63, 3.8) is 0 Å². The van der Waals surface area contributed by atoms with Gasteiger partial charge in [-0.2, -0.15) is 0 Å². The third-order valence-corrected chi connectivity index (χ3v) is 4.42. The van der Waals surface area contributed by atoms with Crippen LogP contribution in [0.1, 0.15) is 56.7 Å². The Balaban J connectivity index is 1.78. The summed E-state index contributed by atoms with van der Waals surface area (Å²) in [6.07, 6.45) is 5.34. The molecule has 1 saturated carbocycles. The molecule has 0 amide bonds. The first-order valence-electron chi connectivity index (χ1n) is 7.69. The molecule has 1 fully saturated rings. The van der Waals surface area contributed by atoms with Crippen LogP contribution >= 0.6 is 0 Å². The molecule has 106 valence electrons. The zero-order valence-electron chi connectivity index (χ0n) is 12.2. The average molecular weight is 261 g/mol. The van der Waals surface area contributed by atoms with Crippen LogP contribution < -0.4 is 5.32 Å². The highest BCUT2D eigenvalue weighted by Gasteiger charge is 2.19. The number of aryl methyl sites for hydroxylation is 1. The molecule has 0 bridgehead atoms. The Morgan fingerprint density at radius 3 is 2.37 bits per heavy atom. The second kappa shape index (κ2) is 7.06. The normalized spacial score (nSPS) is 25.2. The molecule has 1 unspecified atom stereocenters. The molecule has 2 N–H and O–H groups in total. The molecule has 0 saturated heterocycles. The maximum Gasteiger partial charge on any atom is 0.0540 e. The zero-order chi connectivity index (χ0) is 13.7. The third kappa shape index (κ3) is 4.32. The van der Waals surface area contributed by atoms with Crippen LogP contribution in [-0.2, 0) is 6.42 Å². The Hall–Kier alpha value is -0.860. The summed E-state index contributed by atoms with van der Waals surface area (Å²) in [6, 6.07) is 9.34. The summed E-state index contributed by atoms with van der Waals surface area (Å²) in [5.74, 6) is 0.737. The summed E-state index contributed by atoms with van der Waals surface area (Å²) in [5, 5.41) is 13.2. The van der Waals surface area contributed by atoms with E-state index in [2.05, 4.69) is 43.4 Å². The standard InChI is InChI=1S/C17H27NO/c1-3-14-4-8-16(9-5-14)13(2)18-12-15-6-10-17(19)11-7-15/h4-5,8-9,13,15,17-19H,3,6-7,10-12H2,1-2H3. The van der Waals surface area contributed by atoms with E-state index in [1.165, 1.54) is 11.1 Å². The maximum absolute atomic E-state index is 9.51. The third-order valence-electron chi connectivity index (χ3n) is 4.42. The number of benzene rings is 1. The van der Waals surface area contributed by atoms with Crippen molar-refractivity contribution in [1.29, 1.82) is 0 Å². The second-order valence-corrected chi connectivity index (χ2v) is 5.90. The van der Waals surface area contributed by atoms with Gasteiger partial charge in [-0.25, -0.2) is 0 Å². The van der Waals surface area contributed by atoms with Gasteiger partial charge in [-0.05, 0) is 62.6 Å². The lowest BCUT2D eigenvalue weighted by Crippen LogP contribution is -2.29. The van der Waals surface area contributed by atoms with Crippen molar-refractivity contribution in [2.24, 2.45) is 5.92 Å². The topological polar surface area (TPSA) is 32.3 Å². The second-order valence-electron chi connectivity index (χ2n) is 5.90. The van der Waals surface area contributed by atoms with Gasteiger partial charge in [0.1, 0.15) is 0 Å². The molecule has 0 aliphatic heterocycles. The van der Waals surface area contributed by atoms with Crippen LogP contribution in [-0.4, -0.2) is 17.8 Å². The molecular formula is C17H27NO. The highest BCUT2D eigenvalue weighted by Crippen LogP contribution is 2.24. The van der Waals surface area contributed by atoms with E-state index in [-0.39, 0.29) is 6.10 Å². The summed E-state index contributed by atoms with van der Waals surface area (Å²) < 4.78 is 0. The van der Waals surface area contributed by atoms with Crippen molar-refractivity contribution in [1.82, 2.24) is 5.32 Å². The van der Waals surface area contributed by atoms with E-state index in [4.69, 9.17) is 0 Å². The predicted octanol–water partition coefficient (Wildman–Crippen LogP) is 3.45. The molecule has 2 rings (SSSR count). The molecular weight excluding hydrogens is 234 g/mol. The molecule has 19 heavy (non-hydrogen) atoms. The minimum absolute atomic E-state index is 0.0461. The fourth-order valence-corrected chi connectivity index (χ4v) is 2.85. The summed E-state index contributed by atoms with van der Waals surface area (Å²) >= 11 is 0. The van der Waals surface area contributed by atoms with Gasteiger partial charge < -0.3 is 10.4 Å². The number of aliphatic hydroxyl groups excluding tert-OH is 1. The van der Waals surface area contributed by atoms with Crippen molar-refractivity contribution in [2.75, 3.05) is 6.54 Å². The Labute approximate surface area is 117 Å². The molecule has 1 atom stereocenters. The zero-order valence-corrected chi connectivity index (χ0v) is 12.2. The van der Waals surface area contributed by atoms with Crippen molar-refractivity contribution in [3.8, 4) is 0 Å². The number of aliphatic hydroxyl groups is 1. The van der Waals surface area contributed by atoms with E-state index in [1.807, 2.05) is 0 Å². The van der Waals surface area contributed by atoms with Gasteiger partial charge in [0.05, 0.1) is 6.10 Å². The lowest BCUT2D eigenvalue weighted by molar-refractivity contribution is 0.108. The van der Waals surface area contributed by atoms with Crippen LogP contribution in [0.3, 0.4) is 0 Å². The van der Waals surface area contributed by atoms with E-state index in [0.29, 0.717) is 6.04 Å². The fourth-order valence-electron chi connectivity index (χ4n) is 2.85. The minimum Gasteiger partial charge on any atom is -0.393 e. The van der Waals surface area contributed by atoms with E-state index in [1.54, 1.807) is 0 Å². The van der Waals surface area contributed by atoms with Gasteiger partial charge in [0, 0.05) is 6.04 Å². The maximum atomic E-state index is 9.51. The largest absolute Gasteiger partial charge is 0.393 e. The molecule has 0 aromatic heterocycles. The van der Waals surface area contributed by atoms with Crippen LogP contribution in [0.4, 0.5) is 0 Å². The Morgan fingerprint density at radius 2 is 1.79 bits per heavy atom. The molecule has 1 aliphatic carbocycles. The van der Waals surface area contributed by atoms with Crippen molar-refractivity contribution >= 4 is 0 Å². The van der Waals surface area contributed by atoms with E-state index < -0.39 is 0 Å². The summed E-state index contributed by atoms with van der Waals surface area (Å²) in [4.78, 5) is 0. The van der Waals surface area contributed by atoms with Gasteiger partial charge in [0.25, 0.3) is 0 Å². The van der Waals surface area contributed by atoms with E-state index in [0.717, 1.165) is 44.6 Å². The van der Waals surface area contributed by atoms with Crippen LogP contribution in [0.25, 0.3) is 0 Å². The SMILES string of the molecule is CCc1ccc(C(C)NCC2CCC(O)CC2)cc1. The molecule has 2 heteroatoms. The average Bonchev–Trinajstić information content (AvgIpc) is 2.46. The number of rotatable bonds is 5. The molecule has 0 spiro atoms. The van der Waals surface area contributed by atoms with Crippen LogP contribution in [0.2, 0.25) is 0 Å². The first-order chi connectivity index (χ1) is 9.19. The Morgan fingerprint density at radius 1 is 1.16 bits per heavy atom. The quantitative estimate of drug-likeness (QED) is 0.851. The molecule has 0 radical (unpaired) electrons. The molecule has 1 aliphatic rings. The van der Waals surface area contributed by atoms with Gasteiger partial charge in [-0.1, -0.05) is 31.2 Å². The van der Waals surface area contributed by atoms with Gasteiger partial charge in [-0.3, -0.25) is 0 Å². The summed E-state index contributed by atoms with van der Waals surface area (Å²) in [7, 11) is 0. The van der Waals surface area contributed by atoms with Crippen LogP contribution in [0, 0.1) is 5.92 Å². The van der Waals surface area contributed by atoms with Crippen molar-refractivity contribution in [2.45, 2.75) is 58.1 Å². The highest BCUT2D eigenvalue weighted by atomic mass is 16.3. The number of nitrogens with one attached hydrogen (secondary N) is 1. The lowest BCUT2D eigenvalue weighted by atomic mass is 9.87. The smallest absolute Gasteiger partial charge is 0.0540 e. The van der Waals surface area contributed by atoms with Gasteiger partial charge in [0.2, 0.25) is 0 Å². The van der Waals surface area contributed by atoms with Crippen LogP contribution in [0.5, 0.6) is 0 Å². The molecule has 2 nitrogen and oxygen atoms in total. The minimum atomic E-state index is -0.0461. The van der Waals surface area contributed by atoms with Crippen LogP contribution in [0.15, 0.2) is 24.3 Å². The molecule has 1 aromatic rings. The Bertz CT molecular complexity index is 365. The predicted molar refractivity (Wildman–Crippen MR) is 80.2 cm³/mol. The summed E-state index contributed by atoms with van der Waals surface area (Å²) in [5.41, 5.74) is 2.77. The monoisotopic (exact) mass is 261 g/mol. The number of hydrogen-bond donors (Lipinski definition) is 2. The first-order valence-corrected chi connectivity index (χ1v) is 7.69. The van der Waals surface area contributed by atoms with E-state index >= 15 is 0 Å². The van der Waals surface area contributed by atoms with Gasteiger partial charge in [0.15, 0.2) is 0 Å². The van der Waals surface area contributed by atoms with Gasteiger partial charge >= 0.3 is 0 Å². The molecule has 1 aromatic carbocycles. The molecule has 0 heterocycles. The fraction of sp³-hybridized carbons (Fsp3) is 0.647.